The first-order chi connectivity index (χ1) is 9.15. The molecule has 0 fully saturated rings. The number of rotatable bonds is 1. The van der Waals surface area contributed by atoms with Gasteiger partial charge in [0.2, 0.25) is 0 Å². The Kier molecular flexibility index (Phi) is 3.17. The van der Waals surface area contributed by atoms with E-state index in [1.165, 1.54) is 6.07 Å². The molecule has 2 aromatic carbocycles. The van der Waals surface area contributed by atoms with E-state index in [0.29, 0.717) is 22.8 Å². The van der Waals surface area contributed by atoms with Crippen LogP contribution in [-0.4, -0.2) is 5.11 Å². The molecule has 0 saturated carbocycles. The fourth-order valence-corrected chi connectivity index (χ4v) is 2.51. The lowest BCUT2D eigenvalue weighted by atomic mass is 9.95. The van der Waals surface area contributed by atoms with Crippen LogP contribution in [0.2, 0.25) is 5.02 Å². The molecular formula is C15H12ClFO2. The number of hydrogen-bond donors (Lipinski definition) is 1. The average Bonchev–Trinajstić information content (AvgIpc) is 2.38. The normalized spacial score (nSPS) is 21.6. The zero-order valence-corrected chi connectivity index (χ0v) is 10.8. The molecule has 1 heterocycles. The third-order valence-corrected chi connectivity index (χ3v) is 3.53. The van der Waals surface area contributed by atoms with Crippen molar-refractivity contribution in [3.63, 3.8) is 0 Å². The number of aliphatic hydroxyl groups excluding tert-OH is 1. The fraction of sp³-hybridized carbons (Fsp3) is 0.200. The van der Waals surface area contributed by atoms with Gasteiger partial charge in [-0.05, 0) is 18.2 Å². The van der Waals surface area contributed by atoms with Crippen molar-refractivity contribution in [2.45, 2.75) is 18.6 Å². The Balaban J connectivity index is 1.97. The highest BCUT2D eigenvalue weighted by molar-refractivity contribution is 6.30. The molecule has 0 saturated heterocycles. The standard InChI is InChI=1S/C15H12ClFO2/c16-9-5-6-10(12(17)7-9)15-8-13(18)11-3-1-2-4-14(11)19-15/h1-7,13,15,18H,8H2/t13-,15?/m0/s1. The average molecular weight is 279 g/mol. The molecule has 1 aliphatic rings. The maximum absolute atomic E-state index is 13.9. The second-order valence-corrected chi connectivity index (χ2v) is 5.00. The topological polar surface area (TPSA) is 29.5 Å². The van der Waals surface area contributed by atoms with Gasteiger partial charge in [0.15, 0.2) is 0 Å². The summed E-state index contributed by atoms with van der Waals surface area (Å²) in [6, 6.07) is 11.7. The smallest absolute Gasteiger partial charge is 0.131 e. The molecule has 0 bridgehead atoms. The van der Waals surface area contributed by atoms with E-state index in [9.17, 15) is 9.50 Å². The molecular weight excluding hydrogens is 267 g/mol. The molecule has 98 valence electrons. The van der Waals surface area contributed by atoms with Crippen LogP contribution in [0.5, 0.6) is 5.75 Å². The van der Waals surface area contributed by atoms with Gasteiger partial charge < -0.3 is 9.84 Å². The number of fused-ring (bicyclic) bond motifs is 1. The molecule has 2 nitrogen and oxygen atoms in total. The summed E-state index contributed by atoms with van der Waals surface area (Å²) in [7, 11) is 0. The van der Waals surface area contributed by atoms with Gasteiger partial charge in [-0.25, -0.2) is 4.39 Å². The zero-order valence-electron chi connectivity index (χ0n) is 10.0. The predicted octanol–water partition coefficient (Wildman–Crippen LogP) is 4.04. The Labute approximate surface area is 115 Å². The van der Waals surface area contributed by atoms with Crippen LogP contribution >= 0.6 is 11.6 Å². The van der Waals surface area contributed by atoms with Gasteiger partial charge in [0.05, 0.1) is 6.10 Å². The third kappa shape index (κ3) is 2.31. The van der Waals surface area contributed by atoms with E-state index in [-0.39, 0.29) is 0 Å². The Morgan fingerprint density at radius 1 is 1.16 bits per heavy atom. The van der Waals surface area contributed by atoms with Gasteiger partial charge in [-0.2, -0.15) is 0 Å². The molecule has 0 radical (unpaired) electrons. The van der Waals surface area contributed by atoms with E-state index < -0.39 is 18.0 Å². The molecule has 1 unspecified atom stereocenters. The Bertz CT molecular complexity index is 615. The highest BCUT2D eigenvalue weighted by Crippen LogP contribution is 2.41. The second-order valence-electron chi connectivity index (χ2n) is 4.56. The van der Waals surface area contributed by atoms with Crippen molar-refractivity contribution in [2.75, 3.05) is 0 Å². The van der Waals surface area contributed by atoms with Gasteiger partial charge in [0.25, 0.3) is 0 Å². The third-order valence-electron chi connectivity index (χ3n) is 3.29. The van der Waals surface area contributed by atoms with E-state index in [2.05, 4.69) is 0 Å². The first-order valence-electron chi connectivity index (χ1n) is 6.04. The van der Waals surface area contributed by atoms with E-state index in [0.717, 1.165) is 5.56 Å². The maximum atomic E-state index is 13.9. The van der Waals surface area contributed by atoms with Gasteiger partial charge in [-0.15, -0.1) is 0 Å². The summed E-state index contributed by atoms with van der Waals surface area (Å²) in [5.41, 5.74) is 1.16. The zero-order chi connectivity index (χ0) is 13.4. The van der Waals surface area contributed by atoms with E-state index in [1.54, 1.807) is 18.2 Å². The van der Waals surface area contributed by atoms with Crippen LogP contribution in [0.3, 0.4) is 0 Å². The molecule has 0 amide bonds. The molecule has 0 aromatic heterocycles. The molecule has 1 N–H and O–H groups in total. The summed E-state index contributed by atoms with van der Waals surface area (Å²) < 4.78 is 19.7. The van der Waals surface area contributed by atoms with Gasteiger partial charge >= 0.3 is 0 Å². The lowest BCUT2D eigenvalue weighted by Gasteiger charge is -2.30. The van der Waals surface area contributed by atoms with Gasteiger partial charge in [-0.3, -0.25) is 0 Å². The van der Waals surface area contributed by atoms with Gasteiger partial charge in [0.1, 0.15) is 17.7 Å². The minimum Gasteiger partial charge on any atom is -0.485 e. The van der Waals surface area contributed by atoms with Crippen LogP contribution in [0.15, 0.2) is 42.5 Å². The first-order valence-corrected chi connectivity index (χ1v) is 6.41. The molecule has 1 aliphatic heterocycles. The molecule has 2 aromatic rings. The van der Waals surface area contributed by atoms with Crippen molar-refractivity contribution < 1.29 is 14.2 Å². The predicted molar refractivity (Wildman–Crippen MR) is 70.8 cm³/mol. The minimum atomic E-state index is -0.648. The van der Waals surface area contributed by atoms with Crippen molar-refractivity contribution >= 4 is 11.6 Å². The second kappa shape index (κ2) is 4.83. The maximum Gasteiger partial charge on any atom is 0.131 e. The van der Waals surface area contributed by atoms with Crippen molar-refractivity contribution in [3.8, 4) is 5.75 Å². The molecule has 19 heavy (non-hydrogen) atoms. The number of benzene rings is 2. The SMILES string of the molecule is O[C@H]1CC(c2ccc(Cl)cc2F)Oc2ccccc21. The summed E-state index contributed by atoms with van der Waals surface area (Å²) in [5, 5.41) is 10.5. The van der Waals surface area contributed by atoms with E-state index >= 15 is 0 Å². The number of aliphatic hydroxyl groups is 1. The van der Waals surface area contributed by atoms with Crippen LogP contribution in [0.4, 0.5) is 4.39 Å². The molecule has 3 rings (SSSR count). The highest BCUT2D eigenvalue weighted by atomic mass is 35.5. The molecule has 4 heteroatoms. The Morgan fingerprint density at radius 2 is 1.95 bits per heavy atom. The Hall–Kier alpha value is -1.58. The largest absolute Gasteiger partial charge is 0.485 e. The van der Waals surface area contributed by atoms with Crippen LogP contribution in [0.25, 0.3) is 0 Å². The fourth-order valence-electron chi connectivity index (χ4n) is 2.35. The van der Waals surface area contributed by atoms with Crippen molar-refractivity contribution in [1.29, 1.82) is 0 Å². The van der Waals surface area contributed by atoms with Crippen molar-refractivity contribution in [1.82, 2.24) is 0 Å². The van der Waals surface area contributed by atoms with Crippen molar-refractivity contribution in [3.05, 3.63) is 64.4 Å². The first kappa shape index (κ1) is 12.5. The summed E-state index contributed by atoms with van der Waals surface area (Å²) in [5.74, 6) is 0.185. The number of halogens is 2. The summed E-state index contributed by atoms with van der Waals surface area (Å²) >= 11 is 5.74. The van der Waals surface area contributed by atoms with Crippen LogP contribution in [0.1, 0.15) is 29.8 Å². The van der Waals surface area contributed by atoms with Gasteiger partial charge in [0, 0.05) is 22.6 Å². The molecule has 2 atom stereocenters. The van der Waals surface area contributed by atoms with Crippen LogP contribution in [0, 0.1) is 5.82 Å². The van der Waals surface area contributed by atoms with Crippen LogP contribution in [-0.2, 0) is 0 Å². The highest BCUT2D eigenvalue weighted by Gasteiger charge is 2.29. The van der Waals surface area contributed by atoms with E-state index in [4.69, 9.17) is 16.3 Å². The minimum absolute atomic E-state index is 0.329. The van der Waals surface area contributed by atoms with Crippen LogP contribution < -0.4 is 4.74 Å². The molecule has 0 spiro atoms. The summed E-state index contributed by atoms with van der Waals surface area (Å²) in [6.45, 7) is 0. The van der Waals surface area contributed by atoms with Crippen molar-refractivity contribution in [2.24, 2.45) is 0 Å². The lowest BCUT2D eigenvalue weighted by Crippen LogP contribution is -2.19. The van der Waals surface area contributed by atoms with E-state index in [1.807, 2.05) is 18.2 Å². The Morgan fingerprint density at radius 3 is 2.74 bits per heavy atom. The number of ether oxygens (including phenoxy) is 1. The quantitative estimate of drug-likeness (QED) is 0.853. The number of para-hydroxylation sites is 1. The molecule has 0 aliphatic carbocycles. The lowest BCUT2D eigenvalue weighted by molar-refractivity contribution is 0.0640. The monoisotopic (exact) mass is 278 g/mol. The van der Waals surface area contributed by atoms with Gasteiger partial charge in [-0.1, -0.05) is 35.9 Å². The number of hydrogen-bond acceptors (Lipinski definition) is 2. The summed E-state index contributed by atoms with van der Waals surface area (Å²) in [4.78, 5) is 0. The summed E-state index contributed by atoms with van der Waals surface area (Å²) in [6.07, 6.45) is -0.817.